The van der Waals surface area contributed by atoms with Crippen molar-refractivity contribution in [3.05, 3.63) is 47.8 Å². The summed E-state index contributed by atoms with van der Waals surface area (Å²) in [7, 11) is 1.64. The van der Waals surface area contributed by atoms with Gasteiger partial charge in [0, 0.05) is 23.5 Å². The minimum absolute atomic E-state index is 0.559. The summed E-state index contributed by atoms with van der Waals surface area (Å²) in [5, 5.41) is 9.14. The quantitative estimate of drug-likeness (QED) is 0.825. The van der Waals surface area contributed by atoms with Gasteiger partial charge in [-0.15, -0.1) is 0 Å². The van der Waals surface area contributed by atoms with Crippen LogP contribution in [0.1, 0.15) is 18.1 Å². The highest BCUT2D eigenvalue weighted by molar-refractivity contribution is 5.75. The van der Waals surface area contributed by atoms with E-state index in [9.17, 15) is 0 Å². The van der Waals surface area contributed by atoms with E-state index < -0.39 is 0 Å². The van der Waals surface area contributed by atoms with Crippen LogP contribution < -0.4 is 4.74 Å². The van der Waals surface area contributed by atoms with E-state index in [0.29, 0.717) is 5.56 Å². The first-order valence-corrected chi connectivity index (χ1v) is 5.81. The summed E-state index contributed by atoms with van der Waals surface area (Å²) in [5.74, 6) is 0.773. The van der Waals surface area contributed by atoms with E-state index in [0.717, 1.165) is 23.3 Å². The van der Waals surface area contributed by atoms with Crippen LogP contribution in [-0.2, 0) is 6.42 Å². The number of aromatic nitrogens is 1. The van der Waals surface area contributed by atoms with Crippen LogP contribution in [0.2, 0.25) is 0 Å². The second-order valence-electron chi connectivity index (χ2n) is 3.92. The third kappa shape index (κ3) is 2.18. The fourth-order valence-corrected chi connectivity index (χ4v) is 1.90. The number of pyridine rings is 1. The highest BCUT2D eigenvalue weighted by Gasteiger charge is 2.10. The molecule has 0 atom stereocenters. The molecule has 1 aromatic carbocycles. The summed E-state index contributed by atoms with van der Waals surface area (Å²) in [5.41, 5.74) is 3.58. The minimum Gasteiger partial charge on any atom is -0.496 e. The van der Waals surface area contributed by atoms with Gasteiger partial charge in [-0.1, -0.05) is 13.0 Å². The lowest BCUT2D eigenvalue weighted by Gasteiger charge is -2.11. The van der Waals surface area contributed by atoms with E-state index >= 15 is 0 Å². The van der Waals surface area contributed by atoms with Crippen molar-refractivity contribution in [1.82, 2.24) is 4.98 Å². The van der Waals surface area contributed by atoms with Crippen LogP contribution in [0.5, 0.6) is 5.75 Å². The maximum atomic E-state index is 9.14. The lowest BCUT2D eigenvalue weighted by molar-refractivity contribution is 0.416. The maximum absolute atomic E-state index is 9.14. The van der Waals surface area contributed by atoms with E-state index in [1.807, 2.05) is 18.2 Å². The minimum atomic E-state index is 0.559. The molecule has 0 saturated heterocycles. The van der Waals surface area contributed by atoms with Crippen LogP contribution in [0, 0.1) is 11.3 Å². The molecule has 18 heavy (non-hydrogen) atoms. The van der Waals surface area contributed by atoms with E-state index in [-0.39, 0.29) is 0 Å². The maximum Gasteiger partial charge on any atom is 0.126 e. The molecule has 3 nitrogen and oxygen atoms in total. The van der Waals surface area contributed by atoms with Crippen molar-refractivity contribution in [3.63, 3.8) is 0 Å². The molecule has 2 rings (SSSR count). The van der Waals surface area contributed by atoms with Crippen molar-refractivity contribution in [2.45, 2.75) is 13.3 Å². The molecule has 0 saturated carbocycles. The first kappa shape index (κ1) is 12.1. The Morgan fingerprint density at radius 2 is 2.11 bits per heavy atom. The zero-order valence-electron chi connectivity index (χ0n) is 10.5. The molecule has 1 aromatic heterocycles. The van der Waals surface area contributed by atoms with E-state index in [1.54, 1.807) is 19.5 Å². The summed E-state index contributed by atoms with van der Waals surface area (Å²) in [6.45, 7) is 2.10. The van der Waals surface area contributed by atoms with Crippen molar-refractivity contribution >= 4 is 0 Å². The molecule has 0 unspecified atom stereocenters. The van der Waals surface area contributed by atoms with Crippen LogP contribution in [-0.4, -0.2) is 12.1 Å². The molecule has 0 spiro atoms. The molecule has 0 bridgehead atoms. The Kier molecular flexibility index (Phi) is 3.59. The van der Waals surface area contributed by atoms with Crippen molar-refractivity contribution in [3.8, 4) is 22.9 Å². The number of nitrogens with zero attached hydrogens (tertiary/aromatic N) is 2. The summed E-state index contributed by atoms with van der Waals surface area (Å²) in [6.07, 6.45) is 4.21. The van der Waals surface area contributed by atoms with Gasteiger partial charge >= 0.3 is 0 Å². The van der Waals surface area contributed by atoms with E-state index in [4.69, 9.17) is 10.00 Å². The van der Waals surface area contributed by atoms with Gasteiger partial charge in [-0.05, 0) is 30.2 Å². The molecule has 3 heteroatoms. The van der Waals surface area contributed by atoms with Gasteiger partial charge in [-0.2, -0.15) is 5.26 Å². The van der Waals surface area contributed by atoms with E-state index in [1.165, 1.54) is 5.56 Å². The number of rotatable bonds is 3. The van der Waals surface area contributed by atoms with Gasteiger partial charge in [0.15, 0.2) is 0 Å². The molecule has 90 valence electrons. The smallest absolute Gasteiger partial charge is 0.126 e. The number of hydrogen-bond acceptors (Lipinski definition) is 3. The fraction of sp³-hybridized carbons (Fsp3) is 0.200. The number of nitriles is 1. The summed E-state index contributed by atoms with van der Waals surface area (Å²) < 4.78 is 5.37. The zero-order chi connectivity index (χ0) is 13.0. The Hall–Kier alpha value is -2.34. The Balaban J connectivity index is 2.65. The Morgan fingerprint density at radius 3 is 2.78 bits per heavy atom. The second-order valence-corrected chi connectivity index (χ2v) is 3.92. The number of hydrogen-bond donors (Lipinski definition) is 0. The molecule has 0 radical (unpaired) electrons. The lowest BCUT2D eigenvalue weighted by Crippen LogP contribution is -1.93. The third-order valence-corrected chi connectivity index (χ3v) is 2.90. The molecule has 0 aliphatic carbocycles. The number of methoxy groups -OCH3 is 1. The average Bonchev–Trinajstić information content (AvgIpc) is 2.46. The number of aryl methyl sites for hydroxylation is 1. The normalized spacial score (nSPS) is 9.83. The Labute approximate surface area is 107 Å². The number of ether oxygens (including phenoxy) is 1. The monoisotopic (exact) mass is 238 g/mol. The summed E-state index contributed by atoms with van der Waals surface area (Å²) in [4.78, 5) is 3.98. The molecular weight excluding hydrogens is 224 g/mol. The Morgan fingerprint density at radius 1 is 1.28 bits per heavy atom. The average molecular weight is 238 g/mol. The first-order valence-electron chi connectivity index (χ1n) is 5.81. The molecule has 0 aliphatic rings. The van der Waals surface area contributed by atoms with Gasteiger partial charge in [0.1, 0.15) is 11.8 Å². The van der Waals surface area contributed by atoms with Crippen molar-refractivity contribution < 1.29 is 4.74 Å². The van der Waals surface area contributed by atoms with Crippen LogP contribution >= 0.6 is 0 Å². The lowest BCUT2D eigenvalue weighted by atomic mass is 9.98. The van der Waals surface area contributed by atoms with Crippen molar-refractivity contribution in [2.75, 3.05) is 7.11 Å². The second kappa shape index (κ2) is 5.33. The van der Waals surface area contributed by atoms with Gasteiger partial charge in [-0.3, -0.25) is 4.98 Å². The molecule has 0 fully saturated rings. The summed E-state index contributed by atoms with van der Waals surface area (Å²) >= 11 is 0. The molecule has 0 aliphatic heterocycles. The topological polar surface area (TPSA) is 45.9 Å². The number of benzene rings is 1. The fourth-order valence-electron chi connectivity index (χ4n) is 1.90. The highest BCUT2D eigenvalue weighted by atomic mass is 16.5. The van der Waals surface area contributed by atoms with Crippen LogP contribution in [0.3, 0.4) is 0 Å². The van der Waals surface area contributed by atoms with Gasteiger partial charge in [0.05, 0.1) is 12.7 Å². The standard InChI is InChI=1S/C15H14N2O/c1-3-11-4-5-15(18-2)14(8-11)13-6-7-17-10-12(13)9-16/h4-8,10H,3H2,1-2H3. The molecule has 2 aromatic rings. The van der Waals surface area contributed by atoms with Crippen LogP contribution in [0.4, 0.5) is 0 Å². The predicted molar refractivity (Wildman–Crippen MR) is 70.3 cm³/mol. The van der Waals surface area contributed by atoms with Crippen molar-refractivity contribution in [2.24, 2.45) is 0 Å². The van der Waals surface area contributed by atoms with Crippen LogP contribution in [0.25, 0.3) is 11.1 Å². The zero-order valence-corrected chi connectivity index (χ0v) is 10.5. The van der Waals surface area contributed by atoms with Gasteiger partial charge in [-0.25, -0.2) is 0 Å². The van der Waals surface area contributed by atoms with Crippen LogP contribution in [0.15, 0.2) is 36.7 Å². The molecule has 0 amide bonds. The van der Waals surface area contributed by atoms with Crippen molar-refractivity contribution in [1.29, 1.82) is 5.26 Å². The molecule has 1 heterocycles. The van der Waals surface area contributed by atoms with Gasteiger partial charge in [0.25, 0.3) is 0 Å². The Bertz CT molecular complexity index is 600. The van der Waals surface area contributed by atoms with Gasteiger partial charge in [0.2, 0.25) is 0 Å². The SMILES string of the molecule is CCc1ccc(OC)c(-c2ccncc2C#N)c1. The van der Waals surface area contributed by atoms with E-state index in [2.05, 4.69) is 24.0 Å². The predicted octanol–water partition coefficient (Wildman–Crippen LogP) is 3.19. The third-order valence-electron chi connectivity index (χ3n) is 2.90. The highest BCUT2D eigenvalue weighted by Crippen LogP contribution is 2.32. The molecule has 0 N–H and O–H groups in total. The summed E-state index contributed by atoms with van der Waals surface area (Å²) in [6, 6.07) is 10.0. The molecular formula is C15H14N2O. The first-order chi connectivity index (χ1) is 8.80. The van der Waals surface area contributed by atoms with Gasteiger partial charge < -0.3 is 4.74 Å². The largest absolute Gasteiger partial charge is 0.496 e.